The van der Waals surface area contributed by atoms with Gasteiger partial charge in [0.1, 0.15) is 5.82 Å². The fourth-order valence-electron chi connectivity index (χ4n) is 2.85. The highest BCUT2D eigenvalue weighted by Crippen LogP contribution is 2.23. The Balaban J connectivity index is 1.95. The topological polar surface area (TPSA) is 28.7 Å². The molecule has 22 heavy (non-hydrogen) atoms. The van der Waals surface area contributed by atoms with Gasteiger partial charge in [0.25, 0.3) is 0 Å². The molecule has 0 spiro atoms. The summed E-state index contributed by atoms with van der Waals surface area (Å²) in [6, 6.07) is 15.0. The summed E-state index contributed by atoms with van der Waals surface area (Å²) in [5.74, 6) is 1.02. The fourth-order valence-corrected chi connectivity index (χ4v) is 2.85. The summed E-state index contributed by atoms with van der Waals surface area (Å²) in [5, 5.41) is 0. The number of aromatic nitrogens is 2. The summed E-state index contributed by atoms with van der Waals surface area (Å²) in [7, 11) is 0. The number of imidazole rings is 1. The molecule has 0 atom stereocenters. The highest BCUT2D eigenvalue weighted by Gasteiger charge is 2.07. The average molecular weight is 290 g/mol. The molecule has 3 rings (SSSR count). The summed E-state index contributed by atoms with van der Waals surface area (Å²) >= 11 is 0. The van der Waals surface area contributed by atoms with Gasteiger partial charge in [-0.15, -0.1) is 0 Å². The molecule has 1 heterocycles. The van der Waals surface area contributed by atoms with E-state index in [4.69, 9.17) is 0 Å². The molecule has 2 heteroatoms. The van der Waals surface area contributed by atoms with Gasteiger partial charge in [-0.1, -0.05) is 43.3 Å². The third-order valence-electron chi connectivity index (χ3n) is 4.22. The summed E-state index contributed by atoms with van der Waals surface area (Å²) < 4.78 is 0. The van der Waals surface area contributed by atoms with Crippen LogP contribution in [0.1, 0.15) is 43.3 Å². The summed E-state index contributed by atoms with van der Waals surface area (Å²) in [6.07, 6.45) is 4.08. The van der Waals surface area contributed by atoms with Crippen molar-refractivity contribution in [2.24, 2.45) is 0 Å². The lowest BCUT2D eigenvalue weighted by Crippen LogP contribution is -1.96. The number of benzene rings is 2. The number of allylic oxidation sites excluding steroid dienone is 2. The normalized spacial score (nSPS) is 12.0. The first kappa shape index (κ1) is 14.6. The van der Waals surface area contributed by atoms with Crippen molar-refractivity contribution >= 4 is 16.6 Å². The Morgan fingerprint density at radius 2 is 2.00 bits per heavy atom. The number of para-hydroxylation sites is 2. The maximum absolute atomic E-state index is 4.68. The second-order valence-electron chi connectivity index (χ2n) is 5.69. The van der Waals surface area contributed by atoms with Crippen LogP contribution in [0.25, 0.3) is 16.6 Å². The van der Waals surface area contributed by atoms with Crippen molar-refractivity contribution in [2.75, 3.05) is 0 Å². The van der Waals surface area contributed by atoms with Crippen LogP contribution in [0.4, 0.5) is 0 Å². The van der Waals surface area contributed by atoms with E-state index in [0.717, 1.165) is 29.7 Å². The molecule has 0 unspecified atom stereocenters. The maximum atomic E-state index is 4.68. The van der Waals surface area contributed by atoms with E-state index < -0.39 is 0 Å². The van der Waals surface area contributed by atoms with Gasteiger partial charge in [-0.3, -0.25) is 0 Å². The first-order valence-corrected chi connectivity index (χ1v) is 7.90. The van der Waals surface area contributed by atoms with Gasteiger partial charge >= 0.3 is 0 Å². The molecule has 0 fully saturated rings. The molecule has 0 aliphatic rings. The molecular weight excluding hydrogens is 268 g/mol. The second kappa shape index (κ2) is 6.18. The van der Waals surface area contributed by atoms with Crippen LogP contribution in [-0.4, -0.2) is 9.97 Å². The Hall–Kier alpha value is -2.35. The van der Waals surface area contributed by atoms with E-state index in [2.05, 4.69) is 61.1 Å². The molecule has 0 aliphatic heterocycles. The van der Waals surface area contributed by atoms with E-state index in [1.807, 2.05) is 18.2 Å². The van der Waals surface area contributed by atoms with Crippen LogP contribution in [0.2, 0.25) is 0 Å². The molecule has 112 valence electrons. The number of hydrogen-bond donors (Lipinski definition) is 1. The number of nitrogens with one attached hydrogen (secondary N) is 1. The van der Waals surface area contributed by atoms with E-state index in [1.54, 1.807) is 0 Å². The van der Waals surface area contributed by atoms with Gasteiger partial charge in [0, 0.05) is 6.42 Å². The molecule has 0 saturated heterocycles. The SMILES string of the molecule is CC=C(C)c1cc(Cc2nc3ccccc3[nH]2)ccc1CC. The highest BCUT2D eigenvalue weighted by molar-refractivity contribution is 5.74. The first-order valence-electron chi connectivity index (χ1n) is 7.90. The zero-order chi connectivity index (χ0) is 15.5. The van der Waals surface area contributed by atoms with Gasteiger partial charge in [0.05, 0.1) is 11.0 Å². The van der Waals surface area contributed by atoms with Crippen LogP contribution in [0, 0.1) is 0 Å². The van der Waals surface area contributed by atoms with Crippen molar-refractivity contribution in [3.63, 3.8) is 0 Å². The monoisotopic (exact) mass is 290 g/mol. The van der Waals surface area contributed by atoms with Gasteiger partial charge in [0.2, 0.25) is 0 Å². The van der Waals surface area contributed by atoms with Crippen LogP contribution < -0.4 is 0 Å². The molecule has 0 saturated carbocycles. The zero-order valence-electron chi connectivity index (χ0n) is 13.5. The van der Waals surface area contributed by atoms with Crippen molar-refractivity contribution in [2.45, 2.75) is 33.6 Å². The molecule has 0 radical (unpaired) electrons. The molecule has 2 aromatic carbocycles. The Bertz CT molecular complexity index is 792. The van der Waals surface area contributed by atoms with E-state index in [-0.39, 0.29) is 0 Å². The van der Waals surface area contributed by atoms with Gasteiger partial charge in [-0.25, -0.2) is 4.98 Å². The molecular formula is C20H22N2. The Labute approximate surface area is 131 Å². The fraction of sp³-hybridized carbons (Fsp3) is 0.250. The number of nitrogens with zero attached hydrogens (tertiary/aromatic N) is 1. The molecule has 0 aliphatic carbocycles. The van der Waals surface area contributed by atoms with E-state index in [9.17, 15) is 0 Å². The summed E-state index contributed by atoms with van der Waals surface area (Å²) in [4.78, 5) is 8.08. The molecule has 0 amide bonds. The van der Waals surface area contributed by atoms with Crippen LogP contribution >= 0.6 is 0 Å². The largest absolute Gasteiger partial charge is 0.342 e. The molecule has 0 bridgehead atoms. The number of H-pyrrole nitrogens is 1. The summed E-state index contributed by atoms with van der Waals surface area (Å²) in [5.41, 5.74) is 7.54. The zero-order valence-corrected chi connectivity index (χ0v) is 13.5. The minimum absolute atomic E-state index is 0.836. The lowest BCUT2D eigenvalue weighted by molar-refractivity contribution is 1.03. The lowest BCUT2D eigenvalue weighted by atomic mass is 9.95. The second-order valence-corrected chi connectivity index (χ2v) is 5.69. The van der Waals surface area contributed by atoms with Crippen molar-refractivity contribution in [1.29, 1.82) is 0 Å². The minimum atomic E-state index is 0.836. The van der Waals surface area contributed by atoms with Crippen molar-refractivity contribution < 1.29 is 0 Å². The maximum Gasteiger partial charge on any atom is 0.111 e. The van der Waals surface area contributed by atoms with Crippen LogP contribution in [0.5, 0.6) is 0 Å². The number of aromatic amines is 1. The number of fused-ring (bicyclic) bond motifs is 1. The number of hydrogen-bond acceptors (Lipinski definition) is 1. The van der Waals surface area contributed by atoms with Crippen molar-refractivity contribution in [3.05, 3.63) is 71.1 Å². The Morgan fingerprint density at radius 1 is 1.18 bits per heavy atom. The van der Waals surface area contributed by atoms with E-state index >= 15 is 0 Å². The molecule has 2 nitrogen and oxygen atoms in total. The van der Waals surface area contributed by atoms with Crippen molar-refractivity contribution in [3.8, 4) is 0 Å². The first-order chi connectivity index (χ1) is 10.7. The number of rotatable bonds is 4. The average Bonchev–Trinajstić information content (AvgIpc) is 2.96. The predicted molar refractivity (Wildman–Crippen MR) is 94.0 cm³/mol. The minimum Gasteiger partial charge on any atom is -0.342 e. The molecule has 3 aromatic rings. The van der Waals surface area contributed by atoms with Gasteiger partial charge in [-0.05, 0) is 54.7 Å². The van der Waals surface area contributed by atoms with E-state index in [1.165, 1.54) is 22.3 Å². The Morgan fingerprint density at radius 3 is 2.73 bits per heavy atom. The van der Waals surface area contributed by atoms with Crippen molar-refractivity contribution in [1.82, 2.24) is 9.97 Å². The quantitative estimate of drug-likeness (QED) is 0.708. The van der Waals surface area contributed by atoms with E-state index in [0.29, 0.717) is 0 Å². The summed E-state index contributed by atoms with van der Waals surface area (Å²) in [6.45, 7) is 6.49. The Kier molecular flexibility index (Phi) is 4.10. The number of aryl methyl sites for hydroxylation is 1. The van der Waals surface area contributed by atoms with Gasteiger partial charge in [-0.2, -0.15) is 0 Å². The van der Waals surface area contributed by atoms with Gasteiger partial charge in [0.15, 0.2) is 0 Å². The molecule has 1 N–H and O–H groups in total. The van der Waals surface area contributed by atoms with Crippen LogP contribution in [0.3, 0.4) is 0 Å². The van der Waals surface area contributed by atoms with Crippen LogP contribution in [0.15, 0.2) is 48.5 Å². The predicted octanol–water partition coefficient (Wildman–Crippen LogP) is 5.14. The molecule has 1 aromatic heterocycles. The smallest absolute Gasteiger partial charge is 0.111 e. The third-order valence-corrected chi connectivity index (χ3v) is 4.22. The van der Waals surface area contributed by atoms with Crippen LogP contribution in [-0.2, 0) is 12.8 Å². The lowest BCUT2D eigenvalue weighted by Gasteiger charge is -2.10. The van der Waals surface area contributed by atoms with Gasteiger partial charge < -0.3 is 4.98 Å². The third kappa shape index (κ3) is 2.82. The highest BCUT2D eigenvalue weighted by atomic mass is 14.9. The standard InChI is InChI=1S/C20H22N2/c1-4-14(3)17-12-15(10-11-16(17)5-2)13-20-21-18-8-6-7-9-19(18)22-20/h4,6-12H,5,13H2,1-3H3,(H,21,22).